The molecule has 1 N–H and O–H groups in total. The molecule has 16 heavy (non-hydrogen) atoms. The lowest BCUT2D eigenvalue weighted by Crippen LogP contribution is -2.38. The van der Waals surface area contributed by atoms with Crippen LogP contribution in [-0.2, 0) is 0 Å². The molecule has 0 bridgehead atoms. The predicted molar refractivity (Wildman–Crippen MR) is 70.8 cm³/mol. The fourth-order valence-electron chi connectivity index (χ4n) is 2.35. The highest BCUT2D eigenvalue weighted by Crippen LogP contribution is 2.11. The third-order valence-corrected chi connectivity index (χ3v) is 3.17. The van der Waals surface area contributed by atoms with Crippen LogP contribution in [-0.4, -0.2) is 63.2 Å². The van der Waals surface area contributed by atoms with E-state index in [0.29, 0.717) is 0 Å². The van der Waals surface area contributed by atoms with Crippen LogP contribution in [0.1, 0.15) is 20.3 Å². The number of likely N-dealkylation sites (N-methyl/N-ethyl adjacent to an activating group) is 1. The highest BCUT2D eigenvalue weighted by atomic mass is 15.2. The quantitative estimate of drug-likeness (QED) is 0.703. The Hall–Kier alpha value is -0.120. The molecule has 1 aliphatic rings. The Morgan fingerprint density at radius 1 is 1.25 bits per heavy atom. The molecule has 3 nitrogen and oxygen atoms in total. The van der Waals surface area contributed by atoms with E-state index in [2.05, 4.69) is 43.1 Å². The summed E-state index contributed by atoms with van der Waals surface area (Å²) in [4.78, 5) is 4.92. The molecular weight excluding hydrogens is 198 g/mol. The number of rotatable bonds is 7. The summed E-state index contributed by atoms with van der Waals surface area (Å²) in [5, 5.41) is 3.46. The van der Waals surface area contributed by atoms with Crippen molar-refractivity contribution in [1.82, 2.24) is 15.1 Å². The van der Waals surface area contributed by atoms with E-state index in [9.17, 15) is 0 Å². The maximum absolute atomic E-state index is 3.46. The molecule has 0 saturated carbocycles. The van der Waals surface area contributed by atoms with E-state index < -0.39 is 0 Å². The Bertz CT molecular complexity index is 174. The summed E-state index contributed by atoms with van der Waals surface area (Å²) in [6.07, 6.45) is 1.36. The second kappa shape index (κ2) is 7.25. The summed E-state index contributed by atoms with van der Waals surface area (Å²) in [5.74, 6) is 1.65. The fraction of sp³-hybridized carbons (Fsp3) is 1.00. The van der Waals surface area contributed by atoms with Crippen molar-refractivity contribution in [2.24, 2.45) is 11.8 Å². The largest absolute Gasteiger partial charge is 0.316 e. The summed E-state index contributed by atoms with van der Waals surface area (Å²) in [5.41, 5.74) is 0. The Morgan fingerprint density at radius 3 is 2.50 bits per heavy atom. The topological polar surface area (TPSA) is 18.5 Å². The van der Waals surface area contributed by atoms with Gasteiger partial charge < -0.3 is 15.1 Å². The van der Waals surface area contributed by atoms with Crippen LogP contribution >= 0.6 is 0 Å². The van der Waals surface area contributed by atoms with Gasteiger partial charge in [0.15, 0.2) is 0 Å². The molecule has 0 amide bonds. The molecule has 0 radical (unpaired) electrons. The molecular formula is C13H29N3. The Kier molecular flexibility index (Phi) is 6.32. The molecule has 0 aromatic carbocycles. The molecule has 0 aromatic rings. The lowest BCUT2D eigenvalue weighted by Gasteiger charge is -2.28. The average molecular weight is 227 g/mol. The Labute approximate surface area is 101 Å². The highest BCUT2D eigenvalue weighted by Gasteiger charge is 2.18. The third kappa shape index (κ3) is 5.83. The van der Waals surface area contributed by atoms with Gasteiger partial charge in [0.25, 0.3) is 0 Å². The molecule has 1 rings (SSSR count). The molecule has 1 heterocycles. The molecule has 1 fully saturated rings. The summed E-state index contributed by atoms with van der Waals surface area (Å²) in [6.45, 7) is 12.0. The minimum Gasteiger partial charge on any atom is -0.316 e. The van der Waals surface area contributed by atoms with Gasteiger partial charge in [0.1, 0.15) is 0 Å². The first-order valence-electron chi connectivity index (χ1n) is 6.65. The van der Waals surface area contributed by atoms with E-state index in [1.54, 1.807) is 0 Å². The van der Waals surface area contributed by atoms with Crippen LogP contribution in [0.5, 0.6) is 0 Å². The molecule has 0 spiro atoms. The molecule has 1 aliphatic heterocycles. The van der Waals surface area contributed by atoms with Gasteiger partial charge in [0.05, 0.1) is 0 Å². The van der Waals surface area contributed by atoms with E-state index >= 15 is 0 Å². The Balaban J connectivity index is 2.29. The number of nitrogens with zero attached hydrogens (tertiary/aromatic N) is 2. The zero-order chi connectivity index (χ0) is 12.0. The molecule has 0 aliphatic carbocycles. The number of hydrogen-bond donors (Lipinski definition) is 1. The van der Waals surface area contributed by atoms with Gasteiger partial charge in [-0.2, -0.15) is 0 Å². The van der Waals surface area contributed by atoms with Crippen molar-refractivity contribution >= 4 is 0 Å². The summed E-state index contributed by atoms with van der Waals surface area (Å²) >= 11 is 0. The van der Waals surface area contributed by atoms with E-state index in [4.69, 9.17) is 0 Å². The van der Waals surface area contributed by atoms with E-state index in [1.165, 1.54) is 45.7 Å². The maximum atomic E-state index is 3.46. The van der Waals surface area contributed by atoms with Crippen LogP contribution in [0.4, 0.5) is 0 Å². The van der Waals surface area contributed by atoms with E-state index in [1.807, 2.05) is 0 Å². The molecule has 1 unspecified atom stereocenters. The van der Waals surface area contributed by atoms with Gasteiger partial charge in [-0.05, 0) is 45.4 Å². The number of nitrogens with one attached hydrogen (secondary N) is 1. The molecule has 1 saturated heterocycles. The molecule has 1 atom stereocenters. The first-order chi connectivity index (χ1) is 7.58. The molecule has 0 aromatic heterocycles. The van der Waals surface area contributed by atoms with Crippen molar-refractivity contribution in [3.63, 3.8) is 0 Å². The Morgan fingerprint density at radius 2 is 2.00 bits per heavy atom. The second-order valence-corrected chi connectivity index (χ2v) is 5.82. The second-order valence-electron chi connectivity index (χ2n) is 5.82. The first-order valence-corrected chi connectivity index (χ1v) is 6.65. The summed E-state index contributed by atoms with van der Waals surface area (Å²) in [7, 11) is 4.31. The lowest BCUT2D eigenvalue weighted by molar-refractivity contribution is 0.194. The normalized spacial score (nSPS) is 21.6. The van der Waals surface area contributed by atoms with Crippen LogP contribution in [0, 0.1) is 11.8 Å². The minimum absolute atomic E-state index is 0.775. The van der Waals surface area contributed by atoms with Gasteiger partial charge in [0.2, 0.25) is 0 Å². The number of hydrogen-bond acceptors (Lipinski definition) is 3. The average Bonchev–Trinajstić information content (AvgIpc) is 2.66. The van der Waals surface area contributed by atoms with Crippen LogP contribution in [0.2, 0.25) is 0 Å². The maximum Gasteiger partial charge on any atom is 0.0109 e. The van der Waals surface area contributed by atoms with E-state index in [0.717, 1.165) is 11.8 Å². The smallest absolute Gasteiger partial charge is 0.0109 e. The van der Waals surface area contributed by atoms with Crippen molar-refractivity contribution in [3.05, 3.63) is 0 Å². The molecule has 3 heteroatoms. The van der Waals surface area contributed by atoms with Crippen molar-refractivity contribution in [2.75, 3.05) is 53.4 Å². The minimum atomic E-state index is 0.775. The third-order valence-electron chi connectivity index (χ3n) is 3.17. The van der Waals surface area contributed by atoms with Crippen molar-refractivity contribution < 1.29 is 0 Å². The lowest BCUT2D eigenvalue weighted by atomic mass is 10.1. The van der Waals surface area contributed by atoms with Gasteiger partial charge in [-0.15, -0.1) is 0 Å². The zero-order valence-electron chi connectivity index (χ0n) is 11.5. The standard InChI is InChI=1S/C13H29N3/c1-12(2)10-16(8-7-15(3)4)11-13-5-6-14-9-13/h12-14H,5-11H2,1-4H3. The first kappa shape index (κ1) is 13.9. The predicted octanol–water partition coefficient (Wildman–Crippen LogP) is 1.12. The van der Waals surface area contributed by atoms with Gasteiger partial charge >= 0.3 is 0 Å². The van der Waals surface area contributed by atoms with Crippen LogP contribution < -0.4 is 5.32 Å². The van der Waals surface area contributed by atoms with Crippen LogP contribution in [0.25, 0.3) is 0 Å². The van der Waals surface area contributed by atoms with Gasteiger partial charge in [-0.1, -0.05) is 13.8 Å². The van der Waals surface area contributed by atoms with Gasteiger partial charge in [-0.3, -0.25) is 0 Å². The molecule has 96 valence electrons. The zero-order valence-corrected chi connectivity index (χ0v) is 11.5. The highest BCUT2D eigenvalue weighted by molar-refractivity contribution is 4.75. The monoisotopic (exact) mass is 227 g/mol. The van der Waals surface area contributed by atoms with Crippen molar-refractivity contribution in [1.29, 1.82) is 0 Å². The SMILES string of the molecule is CC(C)CN(CCN(C)C)CC1CCNC1. The summed E-state index contributed by atoms with van der Waals surface area (Å²) in [6, 6.07) is 0. The van der Waals surface area contributed by atoms with Crippen molar-refractivity contribution in [3.8, 4) is 0 Å². The van der Waals surface area contributed by atoms with E-state index in [-0.39, 0.29) is 0 Å². The van der Waals surface area contributed by atoms with Crippen molar-refractivity contribution in [2.45, 2.75) is 20.3 Å². The fourth-order valence-corrected chi connectivity index (χ4v) is 2.35. The summed E-state index contributed by atoms with van der Waals surface area (Å²) < 4.78 is 0. The van der Waals surface area contributed by atoms with Gasteiger partial charge in [-0.25, -0.2) is 0 Å². The van der Waals surface area contributed by atoms with Crippen LogP contribution in [0.15, 0.2) is 0 Å². The van der Waals surface area contributed by atoms with Gasteiger partial charge in [0, 0.05) is 26.2 Å². The van der Waals surface area contributed by atoms with Crippen LogP contribution in [0.3, 0.4) is 0 Å².